The highest BCUT2D eigenvalue weighted by molar-refractivity contribution is 5.46. The second-order valence-corrected chi connectivity index (χ2v) is 4.58. The standard InChI is InChI=1S/C12H19N3O3/c1-8-4-15(5-11(7-17)18-8)12-10(6-16)3-13-9(2)14-12/h3,8,11,16-17H,4-7H2,1-2H3. The summed E-state index contributed by atoms with van der Waals surface area (Å²) in [6.45, 7) is 4.94. The largest absolute Gasteiger partial charge is 0.394 e. The van der Waals surface area contributed by atoms with E-state index in [0.717, 1.165) is 5.82 Å². The summed E-state index contributed by atoms with van der Waals surface area (Å²) >= 11 is 0. The first kappa shape index (κ1) is 13.2. The molecule has 2 N–H and O–H groups in total. The lowest BCUT2D eigenvalue weighted by Gasteiger charge is -2.37. The molecule has 0 aromatic carbocycles. The molecule has 1 aliphatic rings. The van der Waals surface area contributed by atoms with Gasteiger partial charge in [-0.3, -0.25) is 0 Å². The highest BCUT2D eigenvalue weighted by Gasteiger charge is 2.27. The predicted molar refractivity (Wildman–Crippen MR) is 66.3 cm³/mol. The molecule has 1 aromatic rings. The molecule has 0 saturated carbocycles. The molecule has 6 heteroatoms. The predicted octanol–water partition coefficient (Wildman–Crippen LogP) is -0.137. The molecule has 1 saturated heterocycles. The molecule has 0 amide bonds. The summed E-state index contributed by atoms with van der Waals surface area (Å²) in [7, 11) is 0. The van der Waals surface area contributed by atoms with Gasteiger partial charge in [0.05, 0.1) is 25.4 Å². The molecule has 100 valence electrons. The number of hydrogen-bond acceptors (Lipinski definition) is 6. The Morgan fingerprint density at radius 2 is 2.22 bits per heavy atom. The lowest BCUT2D eigenvalue weighted by molar-refractivity contribution is -0.0423. The van der Waals surface area contributed by atoms with Gasteiger partial charge in [0.15, 0.2) is 0 Å². The quantitative estimate of drug-likeness (QED) is 0.781. The molecule has 2 heterocycles. The number of anilines is 1. The van der Waals surface area contributed by atoms with E-state index in [9.17, 15) is 10.2 Å². The summed E-state index contributed by atoms with van der Waals surface area (Å²) in [6, 6.07) is 0. The van der Waals surface area contributed by atoms with E-state index in [0.29, 0.717) is 24.5 Å². The summed E-state index contributed by atoms with van der Waals surface area (Å²) in [5.41, 5.74) is 0.700. The van der Waals surface area contributed by atoms with E-state index in [1.54, 1.807) is 6.20 Å². The van der Waals surface area contributed by atoms with Crippen LogP contribution in [0.3, 0.4) is 0 Å². The first-order chi connectivity index (χ1) is 8.63. The second-order valence-electron chi connectivity index (χ2n) is 4.58. The van der Waals surface area contributed by atoms with Crippen molar-refractivity contribution in [3.8, 4) is 0 Å². The Balaban J connectivity index is 2.26. The van der Waals surface area contributed by atoms with Crippen LogP contribution >= 0.6 is 0 Å². The fourth-order valence-electron chi connectivity index (χ4n) is 2.19. The number of aromatic nitrogens is 2. The number of aliphatic hydroxyl groups excluding tert-OH is 2. The second kappa shape index (κ2) is 5.60. The molecule has 2 atom stereocenters. The number of rotatable bonds is 3. The maximum atomic E-state index is 9.34. The van der Waals surface area contributed by atoms with E-state index >= 15 is 0 Å². The Kier molecular flexibility index (Phi) is 4.11. The lowest BCUT2D eigenvalue weighted by Crippen LogP contribution is -2.48. The van der Waals surface area contributed by atoms with Crippen molar-refractivity contribution in [3.05, 3.63) is 17.6 Å². The van der Waals surface area contributed by atoms with Crippen LogP contribution < -0.4 is 4.90 Å². The number of ether oxygens (including phenoxy) is 1. The highest BCUT2D eigenvalue weighted by Crippen LogP contribution is 2.22. The normalized spacial score (nSPS) is 24.3. The minimum Gasteiger partial charge on any atom is -0.394 e. The molecule has 0 radical (unpaired) electrons. The van der Waals surface area contributed by atoms with Gasteiger partial charge in [0.25, 0.3) is 0 Å². The van der Waals surface area contributed by atoms with Crippen molar-refractivity contribution in [2.45, 2.75) is 32.7 Å². The van der Waals surface area contributed by atoms with Crippen LogP contribution in [0.1, 0.15) is 18.3 Å². The summed E-state index contributed by atoms with van der Waals surface area (Å²) in [4.78, 5) is 10.5. The fourth-order valence-corrected chi connectivity index (χ4v) is 2.19. The van der Waals surface area contributed by atoms with Crippen LogP contribution in [0.2, 0.25) is 0 Å². The molecule has 0 aliphatic carbocycles. The van der Waals surface area contributed by atoms with Gasteiger partial charge in [-0.1, -0.05) is 0 Å². The Labute approximate surface area is 106 Å². The van der Waals surface area contributed by atoms with Crippen LogP contribution in [0.25, 0.3) is 0 Å². The highest BCUT2D eigenvalue weighted by atomic mass is 16.5. The molecule has 2 unspecified atom stereocenters. The summed E-state index contributed by atoms with van der Waals surface area (Å²) in [6.07, 6.45) is 1.46. The third kappa shape index (κ3) is 2.77. The van der Waals surface area contributed by atoms with Gasteiger partial charge >= 0.3 is 0 Å². The fraction of sp³-hybridized carbons (Fsp3) is 0.667. The van der Waals surface area contributed by atoms with Gasteiger partial charge in [-0.05, 0) is 13.8 Å². The van der Waals surface area contributed by atoms with Crippen molar-refractivity contribution >= 4 is 5.82 Å². The first-order valence-corrected chi connectivity index (χ1v) is 6.08. The van der Waals surface area contributed by atoms with E-state index in [1.807, 2.05) is 18.7 Å². The van der Waals surface area contributed by atoms with Gasteiger partial charge in [-0.2, -0.15) is 0 Å². The van der Waals surface area contributed by atoms with Crippen molar-refractivity contribution in [2.75, 3.05) is 24.6 Å². The topological polar surface area (TPSA) is 78.7 Å². The van der Waals surface area contributed by atoms with Gasteiger partial charge in [-0.15, -0.1) is 0 Å². The Bertz CT molecular complexity index is 414. The van der Waals surface area contributed by atoms with Crippen LogP contribution in [0, 0.1) is 6.92 Å². The van der Waals surface area contributed by atoms with E-state index < -0.39 is 0 Å². The van der Waals surface area contributed by atoms with Crippen molar-refractivity contribution < 1.29 is 14.9 Å². The molecule has 0 spiro atoms. The van der Waals surface area contributed by atoms with Crippen molar-refractivity contribution in [1.82, 2.24) is 9.97 Å². The summed E-state index contributed by atoms with van der Waals surface area (Å²) < 4.78 is 5.59. The zero-order valence-corrected chi connectivity index (χ0v) is 10.7. The van der Waals surface area contributed by atoms with Gasteiger partial charge in [0, 0.05) is 24.8 Å². The number of hydrogen-bond donors (Lipinski definition) is 2. The lowest BCUT2D eigenvalue weighted by atomic mass is 10.2. The maximum Gasteiger partial charge on any atom is 0.138 e. The average Bonchev–Trinajstić information content (AvgIpc) is 2.38. The minimum atomic E-state index is -0.212. The molecular weight excluding hydrogens is 234 g/mol. The van der Waals surface area contributed by atoms with Crippen molar-refractivity contribution in [2.24, 2.45) is 0 Å². The van der Waals surface area contributed by atoms with Crippen molar-refractivity contribution in [1.29, 1.82) is 0 Å². The minimum absolute atomic E-state index is 0.0145. The SMILES string of the molecule is Cc1ncc(CO)c(N2CC(C)OC(CO)C2)n1. The zero-order valence-electron chi connectivity index (χ0n) is 10.7. The van der Waals surface area contributed by atoms with Gasteiger partial charge in [-0.25, -0.2) is 9.97 Å². The van der Waals surface area contributed by atoms with Crippen LogP contribution in [-0.4, -0.2) is 52.1 Å². The molecule has 0 bridgehead atoms. The van der Waals surface area contributed by atoms with Crippen LogP contribution in [0.5, 0.6) is 0 Å². The van der Waals surface area contributed by atoms with E-state index in [-0.39, 0.29) is 25.4 Å². The molecule has 1 aromatic heterocycles. The monoisotopic (exact) mass is 253 g/mol. The molecule has 6 nitrogen and oxygen atoms in total. The Morgan fingerprint density at radius 1 is 1.44 bits per heavy atom. The maximum absolute atomic E-state index is 9.34. The third-order valence-electron chi connectivity index (χ3n) is 2.96. The van der Waals surface area contributed by atoms with E-state index in [4.69, 9.17) is 4.74 Å². The first-order valence-electron chi connectivity index (χ1n) is 6.08. The molecule has 1 fully saturated rings. The van der Waals surface area contributed by atoms with Crippen LogP contribution in [0.15, 0.2) is 6.20 Å². The van der Waals surface area contributed by atoms with Crippen molar-refractivity contribution in [3.63, 3.8) is 0 Å². The smallest absolute Gasteiger partial charge is 0.138 e. The molecule has 18 heavy (non-hydrogen) atoms. The number of aliphatic hydroxyl groups is 2. The molecule has 2 rings (SSSR count). The van der Waals surface area contributed by atoms with E-state index in [2.05, 4.69) is 9.97 Å². The van der Waals surface area contributed by atoms with Gasteiger partial charge < -0.3 is 19.8 Å². The summed E-state index contributed by atoms with van der Waals surface area (Å²) in [5.74, 6) is 1.40. The average molecular weight is 253 g/mol. The van der Waals surface area contributed by atoms with E-state index in [1.165, 1.54) is 0 Å². The molecular formula is C12H19N3O3. The number of aryl methyl sites for hydroxylation is 1. The van der Waals surface area contributed by atoms with Crippen LogP contribution in [0.4, 0.5) is 5.82 Å². The zero-order chi connectivity index (χ0) is 13.1. The number of nitrogens with zero attached hydrogens (tertiary/aromatic N) is 3. The van der Waals surface area contributed by atoms with Crippen LogP contribution in [-0.2, 0) is 11.3 Å². The van der Waals surface area contributed by atoms with Gasteiger partial charge in [0.1, 0.15) is 11.6 Å². The number of morpholine rings is 1. The molecule has 1 aliphatic heterocycles. The summed E-state index contributed by atoms with van der Waals surface area (Å²) in [5, 5.41) is 18.6. The Morgan fingerprint density at radius 3 is 2.89 bits per heavy atom. The van der Waals surface area contributed by atoms with Gasteiger partial charge in [0.2, 0.25) is 0 Å². The Hall–Kier alpha value is -1.24. The third-order valence-corrected chi connectivity index (χ3v) is 2.96.